The molecule has 14 heavy (non-hydrogen) atoms. The van der Waals surface area contributed by atoms with Crippen molar-refractivity contribution >= 4 is 25.1 Å². The zero-order valence-corrected chi connectivity index (χ0v) is 7.23. The molecular formula is C8H7BN3O2. The maximum Gasteiger partial charge on any atom is 0.449 e. The van der Waals surface area contributed by atoms with E-state index in [1.165, 1.54) is 7.48 Å². The first-order valence-corrected chi connectivity index (χ1v) is 3.98. The van der Waals surface area contributed by atoms with E-state index in [0.717, 1.165) is 11.0 Å². The van der Waals surface area contributed by atoms with Gasteiger partial charge in [-0.1, -0.05) is 6.07 Å². The molecule has 1 aromatic rings. The minimum Gasteiger partial charge on any atom is -0.468 e. The van der Waals surface area contributed by atoms with E-state index in [1.54, 1.807) is 24.4 Å². The zero-order chi connectivity index (χ0) is 9.97. The van der Waals surface area contributed by atoms with Crippen LogP contribution in [0.15, 0.2) is 23.4 Å². The Labute approximate surface area is 81.2 Å². The number of nitrogens with two attached hydrogens (primary N) is 1. The third-order valence-electron chi connectivity index (χ3n) is 1.91. The first-order valence-electron chi connectivity index (χ1n) is 3.98. The molecule has 3 N–H and O–H groups in total. The van der Waals surface area contributed by atoms with E-state index in [9.17, 15) is 4.79 Å². The number of fused-ring (bicyclic) bond motifs is 1. The van der Waals surface area contributed by atoms with Gasteiger partial charge in [0.15, 0.2) is 0 Å². The number of nitrogens with zero attached hydrogens (tertiary/aromatic N) is 1. The van der Waals surface area contributed by atoms with Crippen LogP contribution in [0.1, 0.15) is 15.9 Å². The van der Waals surface area contributed by atoms with Crippen LogP contribution in [0.3, 0.4) is 0 Å². The van der Waals surface area contributed by atoms with Crippen LogP contribution >= 0.6 is 0 Å². The molecule has 0 atom stereocenters. The highest BCUT2D eigenvalue weighted by molar-refractivity contribution is 6.49. The van der Waals surface area contributed by atoms with Crippen LogP contribution in [0.2, 0.25) is 0 Å². The summed E-state index contributed by atoms with van der Waals surface area (Å²) in [6.07, 6.45) is 1.54. The fourth-order valence-corrected chi connectivity index (χ4v) is 1.19. The molecule has 1 aromatic carbocycles. The van der Waals surface area contributed by atoms with E-state index in [0.29, 0.717) is 5.56 Å². The number of carbonyl (C=O) groups excluding carboxylic acids is 1. The lowest BCUT2D eigenvalue weighted by molar-refractivity contribution is 0.0953. The van der Waals surface area contributed by atoms with Crippen LogP contribution in [0.25, 0.3) is 0 Å². The monoisotopic (exact) mass is 188 g/mol. The third-order valence-corrected chi connectivity index (χ3v) is 1.91. The van der Waals surface area contributed by atoms with E-state index >= 15 is 0 Å². The molecule has 1 amide bonds. The van der Waals surface area contributed by atoms with Crippen molar-refractivity contribution in [2.75, 3.05) is 0 Å². The number of hydrogen-bond acceptors (Lipinski definition) is 4. The van der Waals surface area contributed by atoms with Crippen LogP contribution in [-0.2, 0) is 4.76 Å². The lowest BCUT2D eigenvalue weighted by atomic mass is 9.83. The normalized spacial score (nSPS) is 12.4. The van der Waals surface area contributed by atoms with E-state index in [1.807, 2.05) is 0 Å². The number of rotatable bonds is 1. The van der Waals surface area contributed by atoms with Gasteiger partial charge in [-0.2, -0.15) is 0 Å². The Morgan fingerprint density at radius 3 is 3.21 bits per heavy atom. The van der Waals surface area contributed by atoms with Crippen molar-refractivity contribution in [3.63, 3.8) is 0 Å². The average Bonchev–Trinajstić information content (AvgIpc) is 2.27. The molecule has 69 valence electrons. The molecule has 0 aromatic heterocycles. The lowest BCUT2D eigenvalue weighted by Crippen LogP contribution is -2.31. The first kappa shape index (κ1) is 8.77. The Kier molecular flexibility index (Phi) is 2.20. The van der Waals surface area contributed by atoms with Gasteiger partial charge in [0.05, 0.1) is 6.21 Å². The van der Waals surface area contributed by atoms with Crippen molar-refractivity contribution in [3.05, 3.63) is 29.3 Å². The molecule has 1 aliphatic rings. The molecule has 1 heterocycles. The number of oxime groups is 1. The Hall–Kier alpha value is -1.82. The summed E-state index contributed by atoms with van der Waals surface area (Å²) in [5, 5.41) is 3.60. The first-order chi connectivity index (χ1) is 6.81. The number of amides is 1. The fraction of sp³-hybridized carbons (Fsp3) is 0. The van der Waals surface area contributed by atoms with Crippen LogP contribution in [0.5, 0.6) is 0 Å². The SMILES string of the molecule is NNC(=O)c1ccc2c(c1)C=NO[B]2. The van der Waals surface area contributed by atoms with E-state index in [-0.39, 0.29) is 5.91 Å². The van der Waals surface area contributed by atoms with Crippen molar-refractivity contribution < 1.29 is 9.55 Å². The molecule has 1 aliphatic heterocycles. The average molecular weight is 188 g/mol. The van der Waals surface area contributed by atoms with E-state index < -0.39 is 0 Å². The van der Waals surface area contributed by atoms with Crippen molar-refractivity contribution in [1.29, 1.82) is 0 Å². The summed E-state index contributed by atoms with van der Waals surface area (Å²) in [6.45, 7) is 0. The zero-order valence-electron chi connectivity index (χ0n) is 7.23. The highest BCUT2D eigenvalue weighted by Crippen LogP contribution is 2.03. The molecule has 0 bridgehead atoms. The molecule has 0 aliphatic carbocycles. The summed E-state index contributed by atoms with van der Waals surface area (Å²) in [7, 11) is 1.51. The molecule has 2 rings (SSSR count). The Bertz CT molecular complexity index is 406. The molecule has 0 saturated heterocycles. The second kappa shape index (κ2) is 3.51. The van der Waals surface area contributed by atoms with Crippen LogP contribution in [-0.4, -0.2) is 19.6 Å². The van der Waals surface area contributed by atoms with E-state index in [2.05, 4.69) is 10.6 Å². The molecule has 1 radical (unpaired) electrons. The van der Waals surface area contributed by atoms with Gasteiger partial charge in [0.2, 0.25) is 0 Å². The maximum absolute atomic E-state index is 11.2. The number of carbonyl (C=O) groups is 1. The van der Waals surface area contributed by atoms with Gasteiger partial charge in [-0.15, -0.1) is 5.16 Å². The van der Waals surface area contributed by atoms with Gasteiger partial charge in [-0.3, -0.25) is 10.2 Å². The molecular weight excluding hydrogens is 181 g/mol. The second-order valence-corrected chi connectivity index (χ2v) is 2.77. The Morgan fingerprint density at radius 1 is 1.57 bits per heavy atom. The van der Waals surface area contributed by atoms with Gasteiger partial charge in [0.1, 0.15) is 0 Å². The van der Waals surface area contributed by atoms with Gasteiger partial charge in [0, 0.05) is 5.56 Å². The summed E-state index contributed by atoms with van der Waals surface area (Å²) in [5.41, 5.74) is 4.27. The topological polar surface area (TPSA) is 76.7 Å². The predicted molar refractivity (Wildman–Crippen MR) is 52.2 cm³/mol. The maximum atomic E-state index is 11.2. The molecule has 5 nitrogen and oxygen atoms in total. The van der Waals surface area contributed by atoms with Crippen molar-refractivity contribution in [3.8, 4) is 0 Å². The number of hydrazine groups is 1. The highest BCUT2D eigenvalue weighted by Gasteiger charge is 2.12. The third kappa shape index (κ3) is 1.47. The van der Waals surface area contributed by atoms with Crippen LogP contribution < -0.4 is 16.7 Å². The van der Waals surface area contributed by atoms with Gasteiger partial charge in [-0.05, 0) is 23.2 Å². The number of nitrogens with one attached hydrogen (secondary N) is 1. The molecule has 0 unspecified atom stereocenters. The minimum absolute atomic E-state index is 0.326. The Balaban J connectivity index is 2.40. The molecule has 0 spiro atoms. The quantitative estimate of drug-likeness (QED) is 0.254. The smallest absolute Gasteiger partial charge is 0.449 e. The number of benzene rings is 1. The van der Waals surface area contributed by atoms with Crippen LogP contribution in [0.4, 0.5) is 0 Å². The van der Waals surface area contributed by atoms with Gasteiger partial charge < -0.3 is 4.76 Å². The number of hydrogen-bond donors (Lipinski definition) is 2. The largest absolute Gasteiger partial charge is 0.468 e. The summed E-state index contributed by atoms with van der Waals surface area (Å²) >= 11 is 0. The van der Waals surface area contributed by atoms with Gasteiger partial charge >= 0.3 is 7.48 Å². The van der Waals surface area contributed by atoms with Gasteiger partial charge in [-0.25, -0.2) is 5.84 Å². The molecule has 0 saturated carbocycles. The predicted octanol–water partition coefficient (Wildman–Crippen LogP) is -1.10. The summed E-state index contributed by atoms with van der Waals surface area (Å²) in [4.78, 5) is 11.2. The van der Waals surface area contributed by atoms with Gasteiger partial charge in [0.25, 0.3) is 5.91 Å². The van der Waals surface area contributed by atoms with Crippen molar-refractivity contribution in [1.82, 2.24) is 5.43 Å². The fourth-order valence-electron chi connectivity index (χ4n) is 1.19. The highest BCUT2D eigenvalue weighted by atomic mass is 16.6. The second-order valence-electron chi connectivity index (χ2n) is 2.77. The van der Waals surface area contributed by atoms with Crippen LogP contribution in [0, 0.1) is 0 Å². The molecule has 0 fully saturated rings. The van der Waals surface area contributed by atoms with Crippen molar-refractivity contribution in [2.45, 2.75) is 0 Å². The molecule has 6 heteroatoms. The summed E-state index contributed by atoms with van der Waals surface area (Å²) < 4.78 is 4.74. The summed E-state index contributed by atoms with van der Waals surface area (Å²) in [5.74, 6) is 4.69. The Morgan fingerprint density at radius 2 is 2.43 bits per heavy atom. The number of nitrogen functional groups attached to an aromatic ring is 1. The standard InChI is InChI=1S/C8H7BN3O2/c10-12-8(13)5-1-2-7-6(3-5)4-11-14-9-7/h1-4H,10H2,(H,12,13). The lowest BCUT2D eigenvalue weighted by Gasteiger charge is -2.09. The van der Waals surface area contributed by atoms with E-state index in [4.69, 9.17) is 10.6 Å². The minimum atomic E-state index is -0.326. The van der Waals surface area contributed by atoms with Crippen molar-refractivity contribution in [2.24, 2.45) is 11.0 Å². The summed E-state index contributed by atoms with van der Waals surface area (Å²) in [6, 6.07) is 5.13.